The Morgan fingerprint density at radius 1 is 1.53 bits per heavy atom. The van der Waals surface area contributed by atoms with Crippen LogP contribution in [0, 0.1) is 6.92 Å². The molecule has 0 radical (unpaired) electrons. The minimum Gasteiger partial charge on any atom is -0.335 e. The number of aromatic nitrogens is 2. The maximum absolute atomic E-state index is 12.0. The van der Waals surface area contributed by atoms with Gasteiger partial charge in [-0.05, 0) is 24.6 Å². The van der Waals surface area contributed by atoms with Gasteiger partial charge < -0.3 is 15.6 Å². The summed E-state index contributed by atoms with van der Waals surface area (Å²) in [5.74, 6) is -0.289. The summed E-state index contributed by atoms with van der Waals surface area (Å²) in [4.78, 5) is 16.1. The van der Waals surface area contributed by atoms with E-state index in [1.165, 1.54) is 0 Å². The van der Waals surface area contributed by atoms with Crippen LogP contribution in [0.4, 0.5) is 5.69 Å². The number of benzene rings is 1. The van der Waals surface area contributed by atoms with E-state index in [9.17, 15) is 4.79 Å². The van der Waals surface area contributed by atoms with Crippen LogP contribution >= 0.6 is 11.6 Å². The Bertz CT molecular complexity index is 594. The van der Waals surface area contributed by atoms with Gasteiger partial charge in [0.15, 0.2) is 0 Å². The van der Waals surface area contributed by atoms with E-state index in [0.29, 0.717) is 29.5 Å². The molecule has 0 aliphatic heterocycles. The lowest BCUT2D eigenvalue weighted by Gasteiger charge is -2.06. The van der Waals surface area contributed by atoms with Crippen LogP contribution in [0.15, 0.2) is 30.7 Å². The second-order valence-corrected chi connectivity index (χ2v) is 4.63. The Labute approximate surface area is 116 Å². The normalized spacial score (nSPS) is 10.5. The number of imidazole rings is 1. The van der Waals surface area contributed by atoms with Gasteiger partial charge in [-0.2, -0.15) is 0 Å². The summed E-state index contributed by atoms with van der Waals surface area (Å²) in [7, 11) is 0. The lowest BCUT2D eigenvalue weighted by molar-refractivity contribution is 0.102. The van der Waals surface area contributed by atoms with Gasteiger partial charge in [0.25, 0.3) is 5.91 Å². The van der Waals surface area contributed by atoms with Crippen LogP contribution < -0.4 is 11.1 Å². The second kappa shape index (κ2) is 5.86. The van der Waals surface area contributed by atoms with Crippen molar-refractivity contribution >= 4 is 23.2 Å². The Morgan fingerprint density at radius 3 is 3.05 bits per heavy atom. The number of nitrogens with two attached hydrogens (primary N) is 1. The minimum absolute atomic E-state index is 0.289. The number of aryl methyl sites for hydroxylation is 1. The molecule has 0 unspecified atom stereocenters. The van der Waals surface area contributed by atoms with Crippen molar-refractivity contribution < 1.29 is 4.79 Å². The maximum Gasteiger partial charge on any atom is 0.275 e. The molecule has 2 rings (SSSR count). The number of carbonyl (C=O) groups is 1. The van der Waals surface area contributed by atoms with Crippen molar-refractivity contribution in [2.45, 2.75) is 13.5 Å². The third-order valence-electron chi connectivity index (χ3n) is 2.62. The number of rotatable bonds is 4. The van der Waals surface area contributed by atoms with Gasteiger partial charge in [-0.3, -0.25) is 4.79 Å². The van der Waals surface area contributed by atoms with Crippen LogP contribution in [-0.4, -0.2) is 22.0 Å². The zero-order chi connectivity index (χ0) is 13.8. The molecule has 0 aliphatic rings. The highest BCUT2D eigenvalue weighted by Gasteiger charge is 2.11. The zero-order valence-electron chi connectivity index (χ0n) is 10.6. The topological polar surface area (TPSA) is 72.9 Å². The highest BCUT2D eigenvalue weighted by Crippen LogP contribution is 2.23. The summed E-state index contributed by atoms with van der Waals surface area (Å²) in [6, 6.07) is 5.45. The van der Waals surface area contributed by atoms with Gasteiger partial charge in [-0.1, -0.05) is 17.7 Å². The molecule has 1 amide bonds. The SMILES string of the molecule is Cc1ccc(Cl)c(NC(=O)c2cn(CCN)cn2)c1. The van der Waals surface area contributed by atoms with Gasteiger partial charge >= 0.3 is 0 Å². The molecule has 1 aromatic carbocycles. The van der Waals surface area contributed by atoms with Crippen molar-refractivity contribution in [1.82, 2.24) is 9.55 Å². The first kappa shape index (κ1) is 13.6. The third-order valence-corrected chi connectivity index (χ3v) is 2.95. The van der Waals surface area contributed by atoms with Gasteiger partial charge in [0.05, 0.1) is 17.0 Å². The number of halogens is 1. The molecular weight excluding hydrogens is 264 g/mol. The molecule has 0 aliphatic carbocycles. The van der Waals surface area contributed by atoms with E-state index in [4.69, 9.17) is 17.3 Å². The van der Waals surface area contributed by atoms with Crippen molar-refractivity contribution in [2.75, 3.05) is 11.9 Å². The van der Waals surface area contributed by atoms with Crippen LogP contribution in [0.3, 0.4) is 0 Å². The molecule has 5 nitrogen and oxygen atoms in total. The Kier molecular flexibility index (Phi) is 4.19. The minimum atomic E-state index is -0.289. The van der Waals surface area contributed by atoms with E-state index < -0.39 is 0 Å². The number of hydrogen-bond acceptors (Lipinski definition) is 3. The molecule has 3 N–H and O–H groups in total. The van der Waals surface area contributed by atoms with Gasteiger partial charge in [-0.15, -0.1) is 0 Å². The van der Waals surface area contributed by atoms with Crippen molar-refractivity contribution in [3.63, 3.8) is 0 Å². The van der Waals surface area contributed by atoms with E-state index in [1.54, 1.807) is 23.2 Å². The fourth-order valence-electron chi connectivity index (χ4n) is 1.67. The summed E-state index contributed by atoms with van der Waals surface area (Å²) in [6.45, 7) is 3.06. The molecule has 1 aromatic heterocycles. The first-order valence-electron chi connectivity index (χ1n) is 5.89. The average molecular weight is 279 g/mol. The van der Waals surface area contributed by atoms with Crippen LogP contribution in [0.1, 0.15) is 16.1 Å². The summed E-state index contributed by atoms with van der Waals surface area (Å²) >= 11 is 6.03. The number of nitrogens with one attached hydrogen (secondary N) is 1. The zero-order valence-corrected chi connectivity index (χ0v) is 11.3. The van der Waals surface area contributed by atoms with E-state index in [-0.39, 0.29) is 5.91 Å². The fourth-order valence-corrected chi connectivity index (χ4v) is 1.83. The molecule has 1 heterocycles. The average Bonchev–Trinajstić information content (AvgIpc) is 2.83. The van der Waals surface area contributed by atoms with E-state index >= 15 is 0 Å². The number of hydrogen-bond donors (Lipinski definition) is 2. The number of anilines is 1. The van der Waals surface area contributed by atoms with Crippen molar-refractivity contribution in [2.24, 2.45) is 5.73 Å². The molecule has 0 saturated carbocycles. The quantitative estimate of drug-likeness (QED) is 0.899. The molecule has 0 saturated heterocycles. The largest absolute Gasteiger partial charge is 0.335 e. The maximum atomic E-state index is 12.0. The van der Waals surface area contributed by atoms with Gasteiger partial charge in [0, 0.05) is 19.3 Å². The summed E-state index contributed by atoms with van der Waals surface area (Å²) in [5.41, 5.74) is 7.38. The number of carbonyl (C=O) groups excluding carboxylic acids is 1. The molecule has 0 fully saturated rings. The predicted octanol–water partition coefficient (Wildman–Crippen LogP) is 2.06. The molecule has 100 valence electrons. The fraction of sp³-hybridized carbons (Fsp3) is 0.231. The van der Waals surface area contributed by atoms with E-state index in [2.05, 4.69) is 10.3 Å². The molecule has 2 aromatic rings. The van der Waals surface area contributed by atoms with Gasteiger partial charge in [0.1, 0.15) is 5.69 Å². The Morgan fingerprint density at radius 2 is 2.32 bits per heavy atom. The first-order valence-corrected chi connectivity index (χ1v) is 6.27. The monoisotopic (exact) mass is 278 g/mol. The van der Waals surface area contributed by atoms with Crippen molar-refractivity contribution in [1.29, 1.82) is 0 Å². The van der Waals surface area contributed by atoms with Crippen LogP contribution in [-0.2, 0) is 6.54 Å². The Balaban J connectivity index is 2.13. The number of nitrogens with zero attached hydrogens (tertiary/aromatic N) is 2. The molecule has 0 atom stereocenters. The summed E-state index contributed by atoms with van der Waals surface area (Å²) in [5, 5.41) is 3.25. The first-order chi connectivity index (χ1) is 9.10. The van der Waals surface area contributed by atoms with Crippen molar-refractivity contribution in [3.05, 3.63) is 47.0 Å². The summed E-state index contributed by atoms with van der Waals surface area (Å²) in [6.07, 6.45) is 3.24. The molecule has 0 bridgehead atoms. The third kappa shape index (κ3) is 3.33. The van der Waals surface area contributed by atoms with Crippen LogP contribution in [0.25, 0.3) is 0 Å². The van der Waals surface area contributed by atoms with Gasteiger partial charge in [-0.25, -0.2) is 4.98 Å². The van der Waals surface area contributed by atoms with Crippen LogP contribution in [0.5, 0.6) is 0 Å². The van der Waals surface area contributed by atoms with Crippen molar-refractivity contribution in [3.8, 4) is 0 Å². The molecule has 0 spiro atoms. The van der Waals surface area contributed by atoms with Crippen LogP contribution in [0.2, 0.25) is 5.02 Å². The lowest BCUT2D eigenvalue weighted by atomic mass is 10.2. The van der Waals surface area contributed by atoms with E-state index in [0.717, 1.165) is 5.56 Å². The molecule has 6 heteroatoms. The lowest BCUT2D eigenvalue weighted by Crippen LogP contribution is -2.13. The standard InChI is InChI=1S/C13H15ClN4O/c1-9-2-3-10(14)11(6-9)17-13(19)12-7-18(5-4-15)8-16-12/h2-3,6-8H,4-5,15H2,1H3,(H,17,19). The second-order valence-electron chi connectivity index (χ2n) is 4.22. The van der Waals surface area contributed by atoms with E-state index in [1.807, 2.05) is 19.1 Å². The molecular formula is C13H15ClN4O. The Hall–Kier alpha value is -1.85. The highest BCUT2D eigenvalue weighted by atomic mass is 35.5. The number of amides is 1. The highest BCUT2D eigenvalue weighted by molar-refractivity contribution is 6.33. The molecule has 19 heavy (non-hydrogen) atoms. The van der Waals surface area contributed by atoms with Gasteiger partial charge in [0.2, 0.25) is 0 Å². The predicted molar refractivity (Wildman–Crippen MR) is 75.4 cm³/mol. The smallest absolute Gasteiger partial charge is 0.275 e. The summed E-state index contributed by atoms with van der Waals surface area (Å²) < 4.78 is 1.77.